The lowest BCUT2D eigenvalue weighted by molar-refractivity contribution is 1.31. The number of nitrogens with zero attached hydrogens (tertiary/aromatic N) is 2. The molecule has 2 heterocycles. The van der Waals surface area contributed by atoms with Gasteiger partial charge in [0.15, 0.2) is 0 Å². The van der Waals surface area contributed by atoms with Crippen molar-refractivity contribution in [2.24, 2.45) is 0 Å². The molecule has 1 aromatic carbocycles. The number of hydrogen-bond donors (Lipinski definition) is 1. The number of benzene rings is 1. The average Bonchev–Trinajstić information content (AvgIpc) is 2.98. The largest absolute Gasteiger partial charge is 0.388 e. The summed E-state index contributed by atoms with van der Waals surface area (Å²) in [6.07, 6.45) is 3.58. The van der Waals surface area contributed by atoms with Crippen molar-refractivity contribution in [2.75, 3.05) is 12.4 Å². The van der Waals surface area contributed by atoms with Crippen molar-refractivity contribution >= 4 is 17.0 Å². The maximum Gasteiger partial charge on any atom is 0.124 e. The highest BCUT2D eigenvalue weighted by molar-refractivity contribution is 7.13. The van der Waals surface area contributed by atoms with E-state index in [0.717, 1.165) is 27.5 Å². The molecule has 0 saturated carbocycles. The second-order valence-electron chi connectivity index (χ2n) is 4.10. The van der Waals surface area contributed by atoms with E-state index >= 15 is 0 Å². The van der Waals surface area contributed by atoms with Crippen molar-refractivity contribution in [1.29, 1.82) is 0 Å². The van der Waals surface area contributed by atoms with Gasteiger partial charge < -0.3 is 5.32 Å². The number of hydrogen-bond acceptors (Lipinski definition) is 4. The maximum atomic E-state index is 4.69. The van der Waals surface area contributed by atoms with Crippen LogP contribution in [0.2, 0.25) is 0 Å². The first-order chi connectivity index (χ1) is 9.36. The SMILES string of the molecule is CNc1cccc(-c2nc(-c3ccncc3)cs2)c1. The Morgan fingerprint density at radius 1 is 1.05 bits per heavy atom. The van der Waals surface area contributed by atoms with Crippen molar-refractivity contribution in [2.45, 2.75) is 0 Å². The van der Waals surface area contributed by atoms with Crippen LogP contribution in [0.25, 0.3) is 21.8 Å². The van der Waals surface area contributed by atoms with E-state index in [9.17, 15) is 0 Å². The molecular formula is C15H13N3S. The van der Waals surface area contributed by atoms with E-state index in [1.807, 2.05) is 31.3 Å². The minimum Gasteiger partial charge on any atom is -0.388 e. The van der Waals surface area contributed by atoms with Gasteiger partial charge in [0, 0.05) is 41.6 Å². The molecule has 0 bridgehead atoms. The summed E-state index contributed by atoms with van der Waals surface area (Å²) in [6, 6.07) is 12.2. The van der Waals surface area contributed by atoms with E-state index in [1.165, 1.54) is 0 Å². The van der Waals surface area contributed by atoms with Crippen LogP contribution >= 0.6 is 11.3 Å². The number of thiazole rings is 1. The standard InChI is InChI=1S/C15H13N3S/c1-16-13-4-2-3-12(9-13)15-18-14(10-19-15)11-5-7-17-8-6-11/h2-10,16H,1H3. The van der Waals surface area contributed by atoms with Crippen molar-refractivity contribution in [3.63, 3.8) is 0 Å². The average molecular weight is 267 g/mol. The summed E-state index contributed by atoms with van der Waals surface area (Å²) in [5, 5.41) is 6.26. The number of pyridine rings is 1. The van der Waals surface area contributed by atoms with Crippen molar-refractivity contribution in [1.82, 2.24) is 9.97 Å². The molecule has 0 amide bonds. The second-order valence-corrected chi connectivity index (χ2v) is 4.96. The fraction of sp³-hybridized carbons (Fsp3) is 0.0667. The molecule has 0 spiro atoms. The summed E-state index contributed by atoms with van der Waals surface area (Å²) >= 11 is 1.66. The van der Waals surface area contributed by atoms with E-state index in [-0.39, 0.29) is 0 Å². The predicted octanol–water partition coefficient (Wildman–Crippen LogP) is 3.91. The lowest BCUT2D eigenvalue weighted by Crippen LogP contribution is -1.87. The fourth-order valence-electron chi connectivity index (χ4n) is 1.87. The van der Waals surface area contributed by atoms with Crippen LogP contribution in [-0.4, -0.2) is 17.0 Å². The number of anilines is 1. The van der Waals surface area contributed by atoms with E-state index in [0.29, 0.717) is 0 Å². The van der Waals surface area contributed by atoms with Crippen LogP contribution in [0, 0.1) is 0 Å². The van der Waals surface area contributed by atoms with E-state index < -0.39 is 0 Å². The first-order valence-electron chi connectivity index (χ1n) is 6.01. The summed E-state index contributed by atoms with van der Waals surface area (Å²) in [4.78, 5) is 8.71. The highest BCUT2D eigenvalue weighted by Crippen LogP contribution is 2.29. The smallest absolute Gasteiger partial charge is 0.124 e. The van der Waals surface area contributed by atoms with E-state index in [4.69, 9.17) is 0 Å². The van der Waals surface area contributed by atoms with Crippen molar-refractivity contribution in [3.8, 4) is 21.8 Å². The summed E-state index contributed by atoms with van der Waals surface area (Å²) in [7, 11) is 1.92. The Labute approximate surface area is 116 Å². The van der Waals surface area contributed by atoms with Crippen LogP contribution in [0.1, 0.15) is 0 Å². The van der Waals surface area contributed by atoms with Gasteiger partial charge in [0.25, 0.3) is 0 Å². The van der Waals surface area contributed by atoms with Gasteiger partial charge in [-0.25, -0.2) is 4.98 Å². The molecule has 0 aliphatic rings. The Balaban J connectivity index is 1.97. The Hall–Kier alpha value is -2.20. The normalized spacial score (nSPS) is 10.4. The molecule has 0 aliphatic carbocycles. The summed E-state index contributed by atoms with van der Waals surface area (Å²) < 4.78 is 0. The van der Waals surface area contributed by atoms with Crippen LogP contribution in [-0.2, 0) is 0 Å². The van der Waals surface area contributed by atoms with Crippen LogP contribution < -0.4 is 5.32 Å². The van der Waals surface area contributed by atoms with Crippen molar-refractivity contribution < 1.29 is 0 Å². The van der Waals surface area contributed by atoms with Crippen LogP contribution in [0.5, 0.6) is 0 Å². The van der Waals surface area contributed by atoms with Gasteiger partial charge in [-0.3, -0.25) is 4.98 Å². The van der Waals surface area contributed by atoms with Crippen LogP contribution in [0.4, 0.5) is 5.69 Å². The molecule has 0 atom stereocenters. The maximum absolute atomic E-state index is 4.69. The number of nitrogens with one attached hydrogen (secondary N) is 1. The quantitative estimate of drug-likeness (QED) is 0.781. The van der Waals surface area contributed by atoms with Gasteiger partial charge in [0.2, 0.25) is 0 Å². The second kappa shape index (κ2) is 5.20. The molecule has 4 heteroatoms. The summed E-state index contributed by atoms with van der Waals surface area (Å²) in [6.45, 7) is 0. The zero-order valence-electron chi connectivity index (χ0n) is 10.5. The molecular weight excluding hydrogens is 254 g/mol. The van der Waals surface area contributed by atoms with Gasteiger partial charge in [-0.2, -0.15) is 0 Å². The van der Waals surface area contributed by atoms with E-state index in [1.54, 1.807) is 23.7 Å². The molecule has 0 aliphatic heterocycles. The zero-order valence-corrected chi connectivity index (χ0v) is 11.3. The molecule has 0 unspecified atom stereocenters. The monoisotopic (exact) mass is 267 g/mol. The van der Waals surface area contributed by atoms with Gasteiger partial charge in [-0.05, 0) is 24.3 Å². The van der Waals surface area contributed by atoms with Crippen molar-refractivity contribution in [3.05, 3.63) is 54.2 Å². The van der Waals surface area contributed by atoms with E-state index in [2.05, 4.69) is 32.8 Å². The van der Waals surface area contributed by atoms with Gasteiger partial charge >= 0.3 is 0 Å². The first kappa shape index (κ1) is 11.9. The molecule has 19 heavy (non-hydrogen) atoms. The highest BCUT2D eigenvalue weighted by atomic mass is 32.1. The third-order valence-corrected chi connectivity index (χ3v) is 3.77. The third-order valence-electron chi connectivity index (χ3n) is 2.88. The Morgan fingerprint density at radius 2 is 1.89 bits per heavy atom. The Kier molecular flexibility index (Phi) is 3.25. The lowest BCUT2D eigenvalue weighted by atomic mass is 10.2. The number of rotatable bonds is 3. The zero-order chi connectivity index (χ0) is 13.1. The predicted molar refractivity (Wildman–Crippen MR) is 80.3 cm³/mol. The molecule has 0 radical (unpaired) electrons. The van der Waals surface area contributed by atoms with Gasteiger partial charge in [0.1, 0.15) is 5.01 Å². The highest BCUT2D eigenvalue weighted by Gasteiger charge is 2.06. The van der Waals surface area contributed by atoms with Crippen LogP contribution in [0.15, 0.2) is 54.2 Å². The molecule has 0 fully saturated rings. The summed E-state index contributed by atoms with van der Waals surface area (Å²) in [5.41, 5.74) is 4.33. The topological polar surface area (TPSA) is 37.8 Å². The molecule has 3 aromatic rings. The molecule has 3 nitrogen and oxygen atoms in total. The molecule has 1 N–H and O–H groups in total. The Bertz CT molecular complexity index is 677. The Morgan fingerprint density at radius 3 is 2.68 bits per heavy atom. The molecule has 94 valence electrons. The molecule has 0 saturated heterocycles. The fourth-order valence-corrected chi connectivity index (χ4v) is 2.70. The lowest BCUT2D eigenvalue weighted by Gasteiger charge is -2.01. The van der Waals surface area contributed by atoms with Crippen LogP contribution in [0.3, 0.4) is 0 Å². The minimum atomic E-state index is 0.997. The first-order valence-corrected chi connectivity index (χ1v) is 6.89. The molecule has 2 aromatic heterocycles. The van der Waals surface area contributed by atoms with Gasteiger partial charge in [-0.1, -0.05) is 12.1 Å². The van der Waals surface area contributed by atoms with Gasteiger partial charge in [0.05, 0.1) is 5.69 Å². The molecule has 3 rings (SSSR count). The minimum absolute atomic E-state index is 0.997. The summed E-state index contributed by atoms with van der Waals surface area (Å²) in [5.74, 6) is 0. The third kappa shape index (κ3) is 2.48. The number of aromatic nitrogens is 2. The van der Waals surface area contributed by atoms with Gasteiger partial charge in [-0.15, -0.1) is 11.3 Å².